The Bertz CT molecular complexity index is 917. The molecule has 0 aliphatic rings. The number of hydrogen-bond donors (Lipinski definition) is 0. The van der Waals surface area contributed by atoms with E-state index in [9.17, 15) is 10.1 Å². The first kappa shape index (κ1) is 13.9. The lowest BCUT2D eigenvalue weighted by Crippen LogP contribution is -2.17. The maximum Gasteiger partial charge on any atom is 0.275 e. The molecule has 0 atom stereocenters. The highest BCUT2D eigenvalue weighted by Crippen LogP contribution is 2.33. The van der Waals surface area contributed by atoms with E-state index in [-0.39, 0.29) is 5.56 Å². The topological polar surface area (TPSA) is 58.7 Å². The van der Waals surface area contributed by atoms with Crippen LogP contribution >= 0.6 is 23.1 Å². The average molecular weight is 313 g/mol. The molecule has 0 aliphatic heterocycles. The van der Waals surface area contributed by atoms with Crippen LogP contribution in [0.25, 0.3) is 15.9 Å². The predicted octanol–water partition coefficient (Wildman–Crippen LogP) is 3.35. The molecule has 0 saturated carbocycles. The molecule has 0 fully saturated rings. The average Bonchev–Trinajstić information content (AvgIpc) is 2.87. The van der Waals surface area contributed by atoms with Crippen LogP contribution in [0, 0.1) is 18.3 Å². The molecule has 4 nitrogen and oxygen atoms in total. The predicted molar refractivity (Wildman–Crippen MR) is 86.5 cm³/mol. The van der Waals surface area contributed by atoms with Gasteiger partial charge in [-0.05, 0) is 25.3 Å². The zero-order valence-corrected chi connectivity index (χ0v) is 13.1. The van der Waals surface area contributed by atoms with Crippen LogP contribution in [-0.4, -0.2) is 15.8 Å². The summed E-state index contributed by atoms with van der Waals surface area (Å²) in [6.07, 6.45) is 3.39. The molecule has 21 heavy (non-hydrogen) atoms. The molecule has 3 rings (SSSR count). The summed E-state index contributed by atoms with van der Waals surface area (Å²) >= 11 is 2.80. The lowest BCUT2D eigenvalue weighted by molar-refractivity contribution is 0.965. The molecule has 2 aromatic heterocycles. The summed E-state index contributed by atoms with van der Waals surface area (Å²) in [6.45, 7) is 2.00. The lowest BCUT2D eigenvalue weighted by atomic mass is 10.2. The Labute approximate surface area is 129 Å². The number of nitriles is 1. The summed E-state index contributed by atoms with van der Waals surface area (Å²) in [6, 6.07) is 9.82. The van der Waals surface area contributed by atoms with Crippen LogP contribution in [0.4, 0.5) is 0 Å². The van der Waals surface area contributed by atoms with Crippen molar-refractivity contribution in [2.75, 3.05) is 6.26 Å². The number of aromatic nitrogens is 2. The molecule has 0 radical (unpaired) electrons. The fourth-order valence-electron chi connectivity index (χ4n) is 2.08. The maximum absolute atomic E-state index is 12.6. The number of rotatable bonds is 2. The van der Waals surface area contributed by atoms with Gasteiger partial charge in [0.1, 0.15) is 28.2 Å². The Balaban J connectivity index is 2.29. The number of nitrogens with zero attached hydrogens (tertiary/aromatic N) is 3. The van der Waals surface area contributed by atoms with Gasteiger partial charge in [0.25, 0.3) is 5.56 Å². The van der Waals surface area contributed by atoms with Crippen molar-refractivity contribution in [3.05, 3.63) is 52.1 Å². The Morgan fingerprint density at radius 3 is 2.67 bits per heavy atom. The number of hydrogen-bond acceptors (Lipinski definition) is 5. The minimum atomic E-state index is -0.134. The van der Waals surface area contributed by atoms with Crippen molar-refractivity contribution in [1.82, 2.24) is 9.55 Å². The van der Waals surface area contributed by atoms with E-state index in [1.807, 2.05) is 37.4 Å². The second kappa shape index (κ2) is 5.35. The fourth-order valence-corrected chi connectivity index (χ4v) is 3.88. The first-order chi connectivity index (χ1) is 10.2. The number of thiophene rings is 1. The molecule has 1 aromatic carbocycles. The van der Waals surface area contributed by atoms with E-state index in [2.05, 4.69) is 11.1 Å². The van der Waals surface area contributed by atoms with Crippen LogP contribution in [-0.2, 0) is 0 Å². The molecule has 0 unspecified atom stereocenters. The standard InChI is InChI=1S/C15H11N3OS2/c1-9-3-5-10(6-4-9)18-8-17-12-11(7-16)15(20-2)21-13(12)14(18)19/h3-6,8H,1-2H3. The second-order valence-corrected chi connectivity index (χ2v) is 6.61. The molecular formula is C15H11N3OS2. The van der Waals surface area contributed by atoms with Gasteiger partial charge in [-0.1, -0.05) is 17.7 Å². The van der Waals surface area contributed by atoms with Gasteiger partial charge in [-0.2, -0.15) is 5.26 Å². The fraction of sp³-hybridized carbons (Fsp3) is 0.133. The van der Waals surface area contributed by atoms with E-state index >= 15 is 0 Å². The largest absolute Gasteiger partial charge is 0.275 e. The molecule has 0 amide bonds. The summed E-state index contributed by atoms with van der Waals surface area (Å²) in [7, 11) is 0. The quantitative estimate of drug-likeness (QED) is 0.681. The monoisotopic (exact) mass is 313 g/mol. The van der Waals surface area contributed by atoms with Gasteiger partial charge < -0.3 is 0 Å². The first-order valence-electron chi connectivity index (χ1n) is 6.21. The lowest BCUT2D eigenvalue weighted by Gasteiger charge is -2.05. The van der Waals surface area contributed by atoms with Crippen molar-refractivity contribution >= 4 is 33.3 Å². The normalized spacial score (nSPS) is 10.7. The molecular weight excluding hydrogens is 302 g/mol. The molecule has 0 N–H and O–H groups in total. The highest BCUT2D eigenvalue weighted by molar-refractivity contribution is 8.00. The van der Waals surface area contributed by atoms with E-state index < -0.39 is 0 Å². The second-order valence-electron chi connectivity index (χ2n) is 4.51. The van der Waals surface area contributed by atoms with Crippen LogP contribution in [0.3, 0.4) is 0 Å². The molecule has 0 aliphatic carbocycles. The number of fused-ring (bicyclic) bond motifs is 1. The summed E-state index contributed by atoms with van der Waals surface area (Å²) in [5.74, 6) is 0. The molecule has 2 heterocycles. The van der Waals surface area contributed by atoms with E-state index in [1.54, 1.807) is 0 Å². The van der Waals surface area contributed by atoms with Crippen LogP contribution in [0.5, 0.6) is 0 Å². The summed E-state index contributed by atoms with van der Waals surface area (Å²) in [4.78, 5) is 16.9. The highest BCUT2D eigenvalue weighted by atomic mass is 32.2. The number of aryl methyl sites for hydroxylation is 1. The SMILES string of the molecule is CSc1sc2c(=O)n(-c3ccc(C)cc3)cnc2c1C#N. The van der Waals surface area contributed by atoms with E-state index in [0.717, 1.165) is 15.5 Å². The minimum Gasteiger partial charge on any atom is -0.267 e. The van der Waals surface area contributed by atoms with Gasteiger partial charge in [0.2, 0.25) is 0 Å². The first-order valence-corrected chi connectivity index (χ1v) is 8.25. The van der Waals surface area contributed by atoms with Crippen molar-refractivity contribution in [3.8, 4) is 11.8 Å². The Morgan fingerprint density at radius 1 is 1.33 bits per heavy atom. The molecule has 6 heteroatoms. The van der Waals surface area contributed by atoms with Gasteiger partial charge in [0.05, 0.1) is 9.90 Å². The Hall–Kier alpha value is -2.10. The third-order valence-corrected chi connectivity index (χ3v) is 5.46. The maximum atomic E-state index is 12.6. The van der Waals surface area contributed by atoms with Crippen LogP contribution in [0.1, 0.15) is 11.1 Å². The van der Waals surface area contributed by atoms with E-state index in [1.165, 1.54) is 34.0 Å². The molecule has 104 valence electrons. The zero-order chi connectivity index (χ0) is 15.0. The van der Waals surface area contributed by atoms with E-state index in [0.29, 0.717) is 15.8 Å². The zero-order valence-electron chi connectivity index (χ0n) is 11.5. The van der Waals surface area contributed by atoms with Gasteiger partial charge in [-0.3, -0.25) is 9.36 Å². The van der Waals surface area contributed by atoms with Crippen molar-refractivity contribution in [2.45, 2.75) is 11.1 Å². The van der Waals surface area contributed by atoms with Gasteiger partial charge in [0.15, 0.2) is 0 Å². The van der Waals surface area contributed by atoms with Crippen molar-refractivity contribution in [2.24, 2.45) is 0 Å². The third kappa shape index (κ3) is 2.24. The minimum absolute atomic E-state index is 0.134. The van der Waals surface area contributed by atoms with Crippen LogP contribution in [0.15, 0.2) is 39.6 Å². The summed E-state index contributed by atoms with van der Waals surface area (Å²) in [5, 5.41) is 9.24. The summed E-state index contributed by atoms with van der Waals surface area (Å²) in [5.41, 5.74) is 2.77. The van der Waals surface area contributed by atoms with Gasteiger partial charge in [0, 0.05) is 0 Å². The van der Waals surface area contributed by atoms with Crippen LogP contribution in [0.2, 0.25) is 0 Å². The molecule has 0 spiro atoms. The van der Waals surface area contributed by atoms with Crippen molar-refractivity contribution < 1.29 is 0 Å². The number of thioether (sulfide) groups is 1. The van der Waals surface area contributed by atoms with E-state index in [4.69, 9.17) is 0 Å². The van der Waals surface area contributed by atoms with Gasteiger partial charge in [-0.25, -0.2) is 4.98 Å². The molecule has 0 saturated heterocycles. The van der Waals surface area contributed by atoms with Gasteiger partial charge >= 0.3 is 0 Å². The smallest absolute Gasteiger partial charge is 0.267 e. The highest BCUT2D eigenvalue weighted by Gasteiger charge is 2.16. The number of benzene rings is 1. The molecule has 3 aromatic rings. The Kier molecular flexibility index (Phi) is 3.53. The van der Waals surface area contributed by atoms with Crippen molar-refractivity contribution in [3.63, 3.8) is 0 Å². The van der Waals surface area contributed by atoms with Crippen molar-refractivity contribution in [1.29, 1.82) is 5.26 Å². The third-order valence-electron chi connectivity index (χ3n) is 3.18. The Morgan fingerprint density at radius 2 is 2.05 bits per heavy atom. The molecule has 0 bridgehead atoms. The van der Waals surface area contributed by atoms with Crippen LogP contribution < -0.4 is 5.56 Å². The van der Waals surface area contributed by atoms with Gasteiger partial charge in [-0.15, -0.1) is 23.1 Å². The summed E-state index contributed by atoms with van der Waals surface area (Å²) < 4.78 is 2.88.